The SMILES string of the molecule is NC1C2CCC(C2)C1C(=O)OCCC1CCC1. The molecule has 3 rings (SSSR count). The van der Waals surface area contributed by atoms with Crippen LogP contribution in [0, 0.1) is 23.7 Å². The van der Waals surface area contributed by atoms with Crippen LogP contribution in [0.2, 0.25) is 0 Å². The van der Waals surface area contributed by atoms with Crippen LogP contribution in [0.3, 0.4) is 0 Å². The molecule has 0 spiro atoms. The van der Waals surface area contributed by atoms with Crippen molar-refractivity contribution in [1.82, 2.24) is 0 Å². The molecule has 0 aliphatic heterocycles. The number of hydrogen-bond acceptors (Lipinski definition) is 3. The zero-order valence-electron chi connectivity index (χ0n) is 10.4. The maximum atomic E-state index is 12.0. The smallest absolute Gasteiger partial charge is 0.310 e. The van der Waals surface area contributed by atoms with Gasteiger partial charge in [0.15, 0.2) is 0 Å². The van der Waals surface area contributed by atoms with E-state index >= 15 is 0 Å². The quantitative estimate of drug-likeness (QED) is 0.762. The fourth-order valence-corrected chi connectivity index (χ4v) is 3.89. The predicted octanol–water partition coefficient (Wildman–Crippen LogP) is 2.09. The summed E-state index contributed by atoms with van der Waals surface area (Å²) in [5.74, 6) is 1.92. The van der Waals surface area contributed by atoms with E-state index in [-0.39, 0.29) is 17.9 Å². The molecule has 2 bridgehead atoms. The summed E-state index contributed by atoms with van der Waals surface area (Å²) in [5.41, 5.74) is 6.13. The Labute approximate surface area is 103 Å². The lowest BCUT2D eigenvalue weighted by Gasteiger charge is -2.28. The van der Waals surface area contributed by atoms with Gasteiger partial charge in [0.05, 0.1) is 12.5 Å². The topological polar surface area (TPSA) is 52.3 Å². The van der Waals surface area contributed by atoms with Crippen LogP contribution in [0.15, 0.2) is 0 Å². The fraction of sp³-hybridized carbons (Fsp3) is 0.929. The highest BCUT2D eigenvalue weighted by molar-refractivity contribution is 5.74. The zero-order valence-corrected chi connectivity index (χ0v) is 10.4. The summed E-state index contributed by atoms with van der Waals surface area (Å²) in [7, 11) is 0. The molecule has 0 aromatic rings. The van der Waals surface area contributed by atoms with Crippen molar-refractivity contribution < 1.29 is 9.53 Å². The van der Waals surface area contributed by atoms with Gasteiger partial charge in [0.1, 0.15) is 0 Å². The summed E-state index contributed by atoms with van der Waals surface area (Å²) < 4.78 is 5.44. The van der Waals surface area contributed by atoms with E-state index in [1.165, 1.54) is 32.1 Å². The van der Waals surface area contributed by atoms with Gasteiger partial charge in [-0.3, -0.25) is 4.79 Å². The summed E-state index contributed by atoms with van der Waals surface area (Å²) in [6.07, 6.45) is 8.62. The van der Waals surface area contributed by atoms with Gasteiger partial charge < -0.3 is 10.5 Å². The number of carbonyl (C=O) groups is 1. The van der Waals surface area contributed by atoms with Crippen LogP contribution in [-0.4, -0.2) is 18.6 Å². The molecule has 17 heavy (non-hydrogen) atoms. The Kier molecular flexibility index (Phi) is 3.12. The molecule has 3 nitrogen and oxygen atoms in total. The maximum Gasteiger partial charge on any atom is 0.310 e. The Morgan fingerprint density at radius 1 is 1.18 bits per heavy atom. The van der Waals surface area contributed by atoms with E-state index in [2.05, 4.69) is 0 Å². The monoisotopic (exact) mass is 237 g/mol. The molecular formula is C14H23NO2. The molecule has 2 N–H and O–H groups in total. The second-order valence-corrected chi connectivity index (χ2v) is 6.19. The molecule has 0 amide bonds. The Morgan fingerprint density at radius 3 is 2.53 bits per heavy atom. The van der Waals surface area contributed by atoms with E-state index in [1.54, 1.807) is 0 Å². The molecule has 3 fully saturated rings. The lowest BCUT2D eigenvalue weighted by molar-refractivity contribution is -0.151. The van der Waals surface area contributed by atoms with Crippen molar-refractivity contribution in [2.45, 2.75) is 51.0 Å². The number of nitrogens with two attached hydrogens (primary N) is 1. The van der Waals surface area contributed by atoms with E-state index in [0.717, 1.165) is 18.8 Å². The number of rotatable bonds is 4. The van der Waals surface area contributed by atoms with Crippen LogP contribution < -0.4 is 5.73 Å². The van der Waals surface area contributed by atoms with Gasteiger partial charge in [-0.25, -0.2) is 0 Å². The van der Waals surface area contributed by atoms with Crippen molar-refractivity contribution in [3.63, 3.8) is 0 Å². The first-order valence-corrected chi connectivity index (χ1v) is 7.18. The Hall–Kier alpha value is -0.570. The number of hydrogen-bond donors (Lipinski definition) is 1. The van der Waals surface area contributed by atoms with E-state index in [9.17, 15) is 4.79 Å². The summed E-state index contributed by atoms with van der Waals surface area (Å²) in [6.45, 7) is 0.615. The predicted molar refractivity (Wildman–Crippen MR) is 65.2 cm³/mol. The van der Waals surface area contributed by atoms with Gasteiger partial charge >= 0.3 is 5.97 Å². The highest BCUT2D eigenvalue weighted by atomic mass is 16.5. The third-order valence-electron chi connectivity index (χ3n) is 5.25. The number of fused-ring (bicyclic) bond motifs is 2. The first-order valence-electron chi connectivity index (χ1n) is 7.18. The first-order chi connectivity index (χ1) is 8.25. The van der Waals surface area contributed by atoms with Crippen molar-refractivity contribution in [1.29, 1.82) is 0 Å². The summed E-state index contributed by atoms with van der Waals surface area (Å²) >= 11 is 0. The van der Waals surface area contributed by atoms with Gasteiger partial charge in [0.25, 0.3) is 0 Å². The maximum absolute atomic E-state index is 12.0. The van der Waals surface area contributed by atoms with Crippen molar-refractivity contribution in [2.24, 2.45) is 29.4 Å². The normalized spacial score (nSPS) is 40.3. The van der Waals surface area contributed by atoms with Crippen molar-refractivity contribution in [2.75, 3.05) is 6.61 Å². The van der Waals surface area contributed by atoms with Crippen LogP contribution >= 0.6 is 0 Å². The molecule has 4 atom stereocenters. The molecule has 3 aliphatic rings. The first kappa shape index (κ1) is 11.5. The van der Waals surface area contributed by atoms with Gasteiger partial charge in [0, 0.05) is 6.04 Å². The van der Waals surface area contributed by atoms with Gasteiger partial charge in [0.2, 0.25) is 0 Å². The number of carbonyl (C=O) groups excluding carboxylic acids is 1. The van der Waals surface area contributed by atoms with E-state index in [4.69, 9.17) is 10.5 Å². The lowest BCUT2D eigenvalue weighted by atomic mass is 9.83. The zero-order chi connectivity index (χ0) is 11.8. The standard InChI is InChI=1S/C14H23NO2/c15-13-11-5-4-10(8-11)12(13)14(16)17-7-6-9-2-1-3-9/h9-13H,1-8,15H2. The van der Waals surface area contributed by atoms with Gasteiger partial charge in [-0.2, -0.15) is 0 Å². The fourth-order valence-electron chi connectivity index (χ4n) is 3.89. The lowest BCUT2D eigenvalue weighted by Crippen LogP contribution is -2.41. The van der Waals surface area contributed by atoms with Crippen LogP contribution in [-0.2, 0) is 9.53 Å². The van der Waals surface area contributed by atoms with Crippen LogP contribution in [0.25, 0.3) is 0 Å². The minimum atomic E-state index is -0.0102. The van der Waals surface area contributed by atoms with Crippen LogP contribution in [0.1, 0.15) is 44.9 Å². The number of esters is 1. The van der Waals surface area contributed by atoms with E-state index in [1.807, 2.05) is 0 Å². The molecule has 0 heterocycles. The van der Waals surface area contributed by atoms with Crippen molar-refractivity contribution >= 4 is 5.97 Å². The third kappa shape index (κ3) is 2.10. The Morgan fingerprint density at radius 2 is 1.94 bits per heavy atom. The largest absolute Gasteiger partial charge is 0.465 e. The molecule has 0 radical (unpaired) electrons. The highest BCUT2D eigenvalue weighted by Gasteiger charge is 2.49. The summed E-state index contributed by atoms with van der Waals surface area (Å²) in [5, 5.41) is 0. The Balaban J connectivity index is 1.45. The van der Waals surface area contributed by atoms with Gasteiger partial charge in [-0.05, 0) is 43.4 Å². The third-order valence-corrected chi connectivity index (χ3v) is 5.25. The summed E-state index contributed by atoms with van der Waals surface area (Å²) in [4.78, 5) is 12.0. The molecule has 3 saturated carbocycles. The van der Waals surface area contributed by atoms with Crippen LogP contribution in [0.5, 0.6) is 0 Å². The second-order valence-electron chi connectivity index (χ2n) is 6.19. The average Bonchev–Trinajstić information content (AvgIpc) is 2.81. The van der Waals surface area contributed by atoms with Crippen molar-refractivity contribution in [3.05, 3.63) is 0 Å². The molecule has 0 saturated heterocycles. The van der Waals surface area contributed by atoms with E-state index < -0.39 is 0 Å². The molecule has 3 aliphatic carbocycles. The van der Waals surface area contributed by atoms with Gasteiger partial charge in [-0.1, -0.05) is 19.3 Å². The summed E-state index contributed by atoms with van der Waals surface area (Å²) in [6, 6.07) is 0.0740. The van der Waals surface area contributed by atoms with Gasteiger partial charge in [-0.15, -0.1) is 0 Å². The molecular weight excluding hydrogens is 214 g/mol. The molecule has 3 heteroatoms. The van der Waals surface area contributed by atoms with Crippen molar-refractivity contribution in [3.8, 4) is 0 Å². The molecule has 0 aromatic carbocycles. The second kappa shape index (κ2) is 4.60. The minimum absolute atomic E-state index is 0.00939. The molecule has 0 aromatic heterocycles. The van der Waals surface area contributed by atoms with Crippen LogP contribution in [0.4, 0.5) is 0 Å². The average molecular weight is 237 g/mol. The molecule has 4 unspecified atom stereocenters. The number of ether oxygens (including phenoxy) is 1. The highest BCUT2D eigenvalue weighted by Crippen LogP contribution is 2.48. The minimum Gasteiger partial charge on any atom is -0.465 e. The molecule has 96 valence electrons. The van der Waals surface area contributed by atoms with E-state index in [0.29, 0.717) is 18.4 Å². The Bertz CT molecular complexity index is 299.